The fraction of sp³-hybridized carbons (Fsp3) is 0.174. The molecule has 0 saturated carbocycles. The van der Waals surface area contributed by atoms with Crippen LogP contribution in [0.3, 0.4) is 0 Å². The van der Waals surface area contributed by atoms with Gasteiger partial charge in [0.25, 0.3) is 0 Å². The predicted octanol–water partition coefficient (Wildman–Crippen LogP) is 4.33. The number of morpholine rings is 1. The van der Waals surface area contributed by atoms with Crippen molar-refractivity contribution < 1.29 is 4.74 Å². The zero-order valence-electron chi connectivity index (χ0n) is 16.8. The molecule has 156 valence electrons. The van der Waals surface area contributed by atoms with Crippen molar-refractivity contribution in [3.8, 4) is 11.3 Å². The van der Waals surface area contributed by atoms with Gasteiger partial charge in [-0.15, -0.1) is 0 Å². The number of halogens is 1. The first-order valence-electron chi connectivity index (χ1n) is 10.1. The van der Waals surface area contributed by atoms with Gasteiger partial charge in [-0.3, -0.25) is 5.43 Å². The molecule has 0 spiro atoms. The van der Waals surface area contributed by atoms with Crippen molar-refractivity contribution in [3.05, 3.63) is 77.3 Å². The van der Waals surface area contributed by atoms with Crippen molar-refractivity contribution in [2.24, 2.45) is 5.10 Å². The minimum Gasteiger partial charge on any atom is -0.378 e. The standard InChI is InChI=1S/C23H21ClN6O/c24-19-8-6-17(7-9-19)16-25-27-21-15-23(29-10-12-31-13-11-29)30-22(26-21)14-20(28-30)18-4-2-1-3-5-18/h1-9,14-16H,10-13H2,(H,26,27)/b25-16+. The van der Waals surface area contributed by atoms with Crippen LogP contribution in [0.25, 0.3) is 16.9 Å². The highest BCUT2D eigenvalue weighted by Gasteiger charge is 2.18. The van der Waals surface area contributed by atoms with Gasteiger partial charge in [-0.25, -0.2) is 4.98 Å². The Hall–Kier alpha value is -3.42. The smallest absolute Gasteiger partial charge is 0.160 e. The summed E-state index contributed by atoms with van der Waals surface area (Å²) in [6.45, 7) is 2.97. The lowest BCUT2D eigenvalue weighted by molar-refractivity contribution is 0.122. The molecule has 1 saturated heterocycles. The van der Waals surface area contributed by atoms with E-state index in [0.717, 1.165) is 41.4 Å². The Morgan fingerprint density at radius 1 is 1.00 bits per heavy atom. The third kappa shape index (κ3) is 4.38. The summed E-state index contributed by atoms with van der Waals surface area (Å²) in [4.78, 5) is 6.98. The lowest BCUT2D eigenvalue weighted by atomic mass is 10.2. The van der Waals surface area contributed by atoms with Crippen molar-refractivity contribution in [2.75, 3.05) is 36.6 Å². The molecule has 7 nitrogen and oxygen atoms in total. The van der Waals surface area contributed by atoms with Crippen molar-refractivity contribution in [1.82, 2.24) is 14.6 Å². The van der Waals surface area contributed by atoms with E-state index in [1.54, 1.807) is 6.21 Å². The summed E-state index contributed by atoms with van der Waals surface area (Å²) in [5.74, 6) is 1.61. The monoisotopic (exact) mass is 432 g/mol. The van der Waals surface area contributed by atoms with Gasteiger partial charge in [0.05, 0.1) is 25.1 Å². The van der Waals surface area contributed by atoms with Gasteiger partial charge in [0, 0.05) is 35.8 Å². The van der Waals surface area contributed by atoms with Crippen LogP contribution in [0.1, 0.15) is 5.56 Å². The number of benzene rings is 2. The number of ether oxygens (including phenoxy) is 1. The highest BCUT2D eigenvalue weighted by Crippen LogP contribution is 2.25. The molecule has 0 aliphatic carbocycles. The summed E-state index contributed by atoms with van der Waals surface area (Å²) in [5, 5.41) is 9.87. The highest BCUT2D eigenvalue weighted by molar-refractivity contribution is 6.30. The zero-order chi connectivity index (χ0) is 21.0. The molecular weight excluding hydrogens is 412 g/mol. The average Bonchev–Trinajstić information content (AvgIpc) is 3.25. The van der Waals surface area contributed by atoms with Gasteiger partial charge in [0.1, 0.15) is 5.82 Å². The number of hydrogen-bond donors (Lipinski definition) is 1. The van der Waals surface area contributed by atoms with Crippen LogP contribution >= 0.6 is 11.6 Å². The van der Waals surface area contributed by atoms with E-state index in [0.29, 0.717) is 24.1 Å². The fourth-order valence-corrected chi connectivity index (χ4v) is 3.63. The van der Waals surface area contributed by atoms with E-state index < -0.39 is 0 Å². The summed E-state index contributed by atoms with van der Waals surface area (Å²) < 4.78 is 7.42. The molecule has 1 aliphatic heterocycles. The minimum atomic E-state index is 0.652. The molecule has 1 aliphatic rings. The maximum Gasteiger partial charge on any atom is 0.160 e. The van der Waals surface area contributed by atoms with E-state index in [1.165, 1.54) is 0 Å². The molecule has 0 radical (unpaired) electrons. The number of nitrogens with one attached hydrogen (secondary N) is 1. The molecule has 1 N–H and O–H groups in total. The number of hydrogen-bond acceptors (Lipinski definition) is 6. The quantitative estimate of drug-likeness (QED) is 0.375. The highest BCUT2D eigenvalue weighted by atomic mass is 35.5. The third-order valence-electron chi connectivity index (χ3n) is 5.08. The molecule has 31 heavy (non-hydrogen) atoms. The topological polar surface area (TPSA) is 67.0 Å². The Kier molecular flexibility index (Phi) is 5.52. The molecule has 3 heterocycles. The first-order chi connectivity index (χ1) is 15.3. The normalized spacial score (nSPS) is 14.4. The van der Waals surface area contributed by atoms with Crippen LogP contribution < -0.4 is 10.3 Å². The number of anilines is 2. The minimum absolute atomic E-state index is 0.652. The van der Waals surface area contributed by atoms with E-state index >= 15 is 0 Å². The van der Waals surface area contributed by atoms with Crippen LogP contribution in [-0.2, 0) is 4.74 Å². The van der Waals surface area contributed by atoms with Gasteiger partial charge in [0.2, 0.25) is 0 Å². The first-order valence-corrected chi connectivity index (χ1v) is 10.5. The first kappa shape index (κ1) is 19.5. The Balaban J connectivity index is 1.49. The Bertz CT molecular complexity index is 1200. The van der Waals surface area contributed by atoms with E-state index in [9.17, 15) is 0 Å². The van der Waals surface area contributed by atoms with Gasteiger partial charge in [-0.1, -0.05) is 54.1 Å². The van der Waals surface area contributed by atoms with E-state index in [1.807, 2.05) is 71.2 Å². The Morgan fingerprint density at radius 2 is 1.77 bits per heavy atom. The number of rotatable bonds is 5. The molecule has 1 fully saturated rings. The van der Waals surface area contributed by atoms with Crippen LogP contribution in [0, 0.1) is 0 Å². The van der Waals surface area contributed by atoms with E-state index in [4.69, 9.17) is 26.4 Å². The maximum absolute atomic E-state index is 5.94. The molecule has 0 unspecified atom stereocenters. The molecule has 8 heteroatoms. The summed E-state index contributed by atoms with van der Waals surface area (Å²) >= 11 is 5.94. The second-order valence-electron chi connectivity index (χ2n) is 7.19. The van der Waals surface area contributed by atoms with Crippen LogP contribution in [-0.4, -0.2) is 47.1 Å². The van der Waals surface area contributed by atoms with Crippen molar-refractivity contribution >= 4 is 35.1 Å². The second kappa shape index (κ2) is 8.75. The zero-order valence-corrected chi connectivity index (χ0v) is 17.5. The van der Waals surface area contributed by atoms with Crippen LogP contribution in [0.5, 0.6) is 0 Å². The lowest BCUT2D eigenvalue weighted by Gasteiger charge is -2.29. The Morgan fingerprint density at radius 3 is 2.55 bits per heavy atom. The van der Waals surface area contributed by atoms with Crippen molar-refractivity contribution in [2.45, 2.75) is 0 Å². The predicted molar refractivity (Wildman–Crippen MR) is 124 cm³/mol. The molecular formula is C23H21ClN6O. The second-order valence-corrected chi connectivity index (χ2v) is 7.62. The van der Waals surface area contributed by atoms with Crippen molar-refractivity contribution in [3.63, 3.8) is 0 Å². The number of nitrogens with zero attached hydrogens (tertiary/aromatic N) is 5. The van der Waals surface area contributed by atoms with Crippen LogP contribution in [0.15, 0.2) is 71.8 Å². The Labute approximate surface area is 184 Å². The van der Waals surface area contributed by atoms with Gasteiger partial charge >= 0.3 is 0 Å². The molecule has 0 amide bonds. The summed E-state index contributed by atoms with van der Waals surface area (Å²) in [5.41, 5.74) is 6.69. The average molecular weight is 433 g/mol. The summed E-state index contributed by atoms with van der Waals surface area (Å²) in [7, 11) is 0. The molecule has 0 bridgehead atoms. The molecule has 4 aromatic rings. The van der Waals surface area contributed by atoms with Crippen LogP contribution in [0.4, 0.5) is 11.6 Å². The number of hydrazone groups is 1. The summed E-state index contributed by atoms with van der Waals surface area (Å²) in [6, 6.07) is 21.6. The van der Waals surface area contributed by atoms with Gasteiger partial charge in [-0.05, 0) is 17.7 Å². The van der Waals surface area contributed by atoms with Gasteiger partial charge < -0.3 is 9.64 Å². The lowest BCUT2D eigenvalue weighted by Crippen LogP contribution is -2.37. The maximum atomic E-state index is 5.94. The van der Waals surface area contributed by atoms with Crippen LogP contribution in [0.2, 0.25) is 5.02 Å². The van der Waals surface area contributed by atoms with E-state index in [-0.39, 0.29) is 0 Å². The molecule has 0 atom stereocenters. The van der Waals surface area contributed by atoms with Crippen molar-refractivity contribution in [1.29, 1.82) is 0 Å². The summed E-state index contributed by atoms with van der Waals surface area (Å²) in [6.07, 6.45) is 1.74. The fourth-order valence-electron chi connectivity index (χ4n) is 3.51. The number of aromatic nitrogens is 3. The van der Waals surface area contributed by atoms with Gasteiger partial charge in [0.15, 0.2) is 11.5 Å². The largest absolute Gasteiger partial charge is 0.378 e. The van der Waals surface area contributed by atoms with Gasteiger partial charge in [-0.2, -0.15) is 14.7 Å². The van der Waals surface area contributed by atoms with E-state index in [2.05, 4.69) is 15.4 Å². The SMILES string of the molecule is Clc1ccc(/C=N/Nc2cc(N3CCOCC3)n3nc(-c4ccccc4)cc3n2)cc1. The molecule has 5 rings (SSSR count). The molecule has 2 aromatic heterocycles. The third-order valence-corrected chi connectivity index (χ3v) is 5.33. The number of fused-ring (bicyclic) bond motifs is 1. The molecule has 2 aromatic carbocycles.